The molecule has 3 aromatic rings. The molecule has 2 unspecified atom stereocenters. The zero-order valence-electron chi connectivity index (χ0n) is 21.8. The van der Waals surface area contributed by atoms with Gasteiger partial charge in [0.15, 0.2) is 0 Å². The first-order chi connectivity index (χ1) is 19.0. The Balaban J connectivity index is 1.10. The van der Waals surface area contributed by atoms with Gasteiger partial charge in [-0.25, -0.2) is 4.98 Å². The summed E-state index contributed by atoms with van der Waals surface area (Å²) < 4.78 is 8.34. The van der Waals surface area contributed by atoms with Crippen molar-refractivity contribution in [3.8, 4) is 5.75 Å². The van der Waals surface area contributed by atoms with E-state index < -0.39 is 11.9 Å². The Morgan fingerprint density at radius 2 is 1.87 bits per heavy atom. The summed E-state index contributed by atoms with van der Waals surface area (Å²) in [6, 6.07) is 13.1. The van der Waals surface area contributed by atoms with Crippen LogP contribution in [0.3, 0.4) is 0 Å². The van der Waals surface area contributed by atoms with Gasteiger partial charge in [0.2, 0.25) is 11.8 Å². The van der Waals surface area contributed by atoms with Gasteiger partial charge in [0.1, 0.15) is 24.2 Å². The normalized spacial score (nSPS) is 20.3. The number of amides is 3. The number of aryl methyl sites for hydroxylation is 1. The molecule has 39 heavy (non-hydrogen) atoms. The van der Waals surface area contributed by atoms with E-state index in [0.717, 1.165) is 35.6 Å². The SMILES string of the molecule is Cc1nc(C2C=CC=CC2)cn1Cc1ccc(COc2cccc3c2CN(C2CCC(=O)NC2=O)C3=O)cc1. The fraction of sp³-hybridized carbons (Fsp3) is 0.290. The highest BCUT2D eigenvalue weighted by molar-refractivity contribution is 6.05. The van der Waals surface area contributed by atoms with Crippen LogP contribution in [0.5, 0.6) is 5.75 Å². The van der Waals surface area contributed by atoms with E-state index in [1.54, 1.807) is 17.0 Å². The molecule has 2 aromatic carbocycles. The molecule has 2 aliphatic heterocycles. The zero-order valence-corrected chi connectivity index (χ0v) is 21.8. The third-order valence-electron chi connectivity index (χ3n) is 7.66. The predicted octanol–water partition coefficient (Wildman–Crippen LogP) is 4.18. The van der Waals surface area contributed by atoms with Crippen molar-refractivity contribution in [2.45, 2.75) is 57.8 Å². The molecule has 2 atom stereocenters. The number of carbonyl (C=O) groups excluding carboxylic acids is 3. The summed E-state index contributed by atoms with van der Waals surface area (Å²) in [5.74, 6) is 1.05. The monoisotopic (exact) mass is 522 g/mol. The topological polar surface area (TPSA) is 93.5 Å². The summed E-state index contributed by atoms with van der Waals surface area (Å²) in [7, 11) is 0. The van der Waals surface area contributed by atoms with Gasteiger partial charge in [0.25, 0.3) is 5.91 Å². The molecule has 3 amide bonds. The van der Waals surface area contributed by atoms with Crippen LogP contribution in [-0.2, 0) is 29.3 Å². The van der Waals surface area contributed by atoms with Gasteiger partial charge >= 0.3 is 0 Å². The largest absolute Gasteiger partial charge is 0.489 e. The first kappa shape index (κ1) is 24.9. The maximum atomic E-state index is 13.0. The zero-order chi connectivity index (χ0) is 26.9. The summed E-state index contributed by atoms with van der Waals surface area (Å²) in [5, 5.41) is 2.34. The average molecular weight is 523 g/mol. The van der Waals surface area contributed by atoms with E-state index in [4.69, 9.17) is 9.72 Å². The van der Waals surface area contributed by atoms with Gasteiger partial charge in [0, 0.05) is 36.2 Å². The number of benzene rings is 2. The molecule has 6 rings (SSSR count). The second kappa shape index (κ2) is 10.4. The van der Waals surface area contributed by atoms with Crippen LogP contribution in [0.4, 0.5) is 0 Å². The number of allylic oxidation sites excluding steroid dienone is 4. The van der Waals surface area contributed by atoms with Gasteiger partial charge in [-0.05, 0) is 43.0 Å². The van der Waals surface area contributed by atoms with E-state index >= 15 is 0 Å². The van der Waals surface area contributed by atoms with Crippen LogP contribution in [0, 0.1) is 6.92 Å². The number of ether oxygens (including phenoxy) is 1. The quantitative estimate of drug-likeness (QED) is 0.470. The second-order valence-electron chi connectivity index (χ2n) is 10.3. The Morgan fingerprint density at radius 3 is 2.64 bits per heavy atom. The second-order valence-corrected chi connectivity index (χ2v) is 10.3. The van der Waals surface area contributed by atoms with Gasteiger partial charge < -0.3 is 14.2 Å². The minimum atomic E-state index is -0.644. The number of hydrogen-bond acceptors (Lipinski definition) is 5. The maximum absolute atomic E-state index is 13.0. The van der Waals surface area contributed by atoms with E-state index in [9.17, 15) is 14.4 Å². The molecular formula is C31H30N4O4. The fourth-order valence-corrected chi connectivity index (χ4v) is 5.46. The van der Waals surface area contributed by atoms with Crippen molar-refractivity contribution in [2.24, 2.45) is 0 Å². The van der Waals surface area contributed by atoms with E-state index in [1.165, 1.54) is 5.56 Å². The first-order valence-electron chi connectivity index (χ1n) is 13.3. The molecule has 3 aliphatic rings. The number of nitrogens with one attached hydrogen (secondary N) is 1. The molecule has 8 heteroatoms. The Hall–Kier alpha value is -4.46. The summed E-state index contributed by atoms with van der Waals surface area (Å²) >= 11 is 0. The van der Waals surface area contributed by atoms with E-state index in [2.05, 4.69) is 64.7 Å². The van der Waals surface area contributed by atoms with E-state index in [0.29, 0.717) is 30.3 Å². The minimum Gasteiger partial charge on any atom is -0.489 e. The molecule has 0 saturated carbocycles. The number of carbonyl (C=O) groups is 3. The van der Waals surface area contributed by atoms with E-state index in [-0.39, 0.29) is 24.8 Å². The lowest BCUT2D eigenvalue weighted by atomic mass is 9.98. The maximum Gasteiger partial charge on any atom is 0.255 e. The highest BCUT2D eigenvalue weighted by Crippen LogP contribution is 2.34. The van der Waals surface area contributed by atoms with Crippen molar-refractivity contribution in [3.05, 3.63) is 107 Å². The molecule has 1 fully saturated rings. The third kappa shape index (κ3) is 5.02. The number of piperidine rings is 1. The van der Waals surface area contributed by atoms with Gasteiger partial charge in [-0.1, -0.05) is 54.6 Å². The van der Waals surface area contributed by atoms with Crippen LogP contribution in [-0.4, -0.2) is 38.2 Å². The Bertz CT molecular complexity index is 1500. The van der Waals surface area contributed by atoms with Crippen molar-refractivity contribution in [1.29, 1.82) is 0 Å². The Morgan fingerprint density at radius 1 is 1.05 bits per heavy atom. The number of imide groups is 1. The lowest BCUT2D eigenvalue weighted by Crippen LogP contribution is -2.52. The van der Waals surface area contributed by atoms with Crippen molar-refractivity contribution in [1.82, 2.24) is 19.8 Å². The molecule has 8 nitrogen and oxygen atoms in total. The summed E-state index contributed by atoms with van der Waals surface area (Å²) in [6.45, 7) is 3.43. The highest BCUT2D eigenvalue weighted by atomic mass is 16.5. The number of rotatable bonds is 7. The molecular weight excluding hydrogens is 492 g/mol. The number of fused-ring (bicyclic) bond motifs is 1. The Labute approximate surface area is 227 Å². The highest BCUT2D eigenvalue weighted by Gasteiger charge is 2.40. The van der Waals surface area contributed by atoms with Gasteiger partial charge in [-0.3, -0.25) is 19.7 Å². The minimum absolute atomic E-state index is 0.205. The third-order valence-corrected chi connectivity index (χ3v) is 7.66. The van der Waals surface area contributed by atoms with Gasteiger partial charge in [-0.2, -0.15) is 0 Å². The molecule has 1 saturated heterocycles. The summed E-state index contributed by atoms with van der Waals surface area (Å²) in [4.78, 5) is 43.3. The van der Waals surface area contributed by atoms with Crippen molar-refractivity contribution >= 4 is 17.7 Å². The van der Waals surface area contributed by atoms with Crippen LogP contribution in [0.25, 0.3) is 0 Å². The number of nitrogens with zero attached hydrogens (tertiary/aromatic N) is 3. The lowest BCUT2D eigenvalue weighted by molar-refractivity contribution is -0.136. The van der Waals surface area contributed by atoms with Crippen molar-refractivity contribution in [2.75, 3.05) is 0 Å². The summed E-state index contributed by atoms with van der Waals surface area (Å²) in [5.41, 5.74) is 4.62. The molecule has 3 heterocycles. The van der Waals surface area contributed by atoms with Crippen LogP contribution in [0.2, 0.25) is 0 Å². The average Bonchev–Trinajstić information content (AvgIpc) is 3.48. The Kier molecular flexibility index (Phi) is 6.60. The molecule has 0 radical (unpaired) electrons. The number of imidazole rings is 1. The predicted molar refractivity (Wildman–Crippen MR) is 145 cm³/mol. The molecule has 1 aromatic heterocycles. The van der Waals surface area contributed by atoms with Crippen molar-refractivity contribution in [3.63, 3.8) is 0 Å². The molecule has 1 N–H and O–H groups in total. The molecule has 1 aliphatic carbocycles. The smallest absolute Gasteiger partial charge is 0.255 e. The number of aromatic nitrogens is 2. The van der Waals surface area contributed by atoms with Gasteiger partial charge in [0.05, 0.1) is 12.2 Å². The molecule has 0 spiro atoms. The lowest BCUT2D eigenvalue weighted by Gasteiger charge is -2.29. The standard InChI is InChI=1S/C31H30N4O4/c1-20-32-26(23-6-3-2-4-7-23)18-34(20)16-21-10-12-22(13-11-21)19-39-28-9-5-8-24-25(28)17-35(31(24)38)27-14-15-29(36)33-30(27)37/h2-6,8-13,18,23,27H,7,14-17,19H2,1H3,(H,33,36,37). The molecule has 198 valence electrons. The fourth-order valence-electron chi connectivity index (χ4n) is 5.46. The number of hydrogen-bond donors (Lipinski definition) is 1. The van der Waals surface area contributed by atoms with Crippen LogP contribution < -0.4 is 10.1 Å². The molecule has 0 bridgehead atoms. The van der Waals surface area contributed by atoms with Crippen LogP contribution in [0.15, 0.2) is 73.0 Å². The first-order valence-corrected chi connectivity index (χ1v) is 13.3. The van der Waals surface area contributed by atoms with Crippen molar-refractivity contribution < 1.29 is 19.1 Å². The van der Waals surface area contributed by atoms with Crippen LogP contribution in [0.1, 0.15) is 63.7 Å². The van der Waals surface area contributed by atoms with E-state index in [1.807, 2.05) is 13.0 Å². The van der Waals surface area contributed by atoms with Crippen LogP contribution >= 0.6 is 0 Å². The van der Waals surface area contributed by atoms with Gasteiger partial charge in [-0.15, -0.1) is 0 Å². The summed E-state index contributed by atoms with van der Waals surface area (Å²) in [6.07, 6.45) is 12.2.